The lowest BCUT2D eigenvalue weighted by atomic mass is 10.3. The lowest BCUT2D eigenvalue weighted by Crippen LogP contribution is -2.24. The van der Waals surface area contributed by atoms with E-state index in [1.165, 1.54) is 12.8 Å². The molecule has 0 aromatic rings. The molecule has 0 heterocycles. The summed E-state index contributed by atoms with van der Waals surface area (Å²) in [4.78, 5) is 10.3. The summed E-state index contributed by atoms with van der Waals surface area (Å²) in [7, 11) is 0. The highest BCUT2D eigenvalue weighted by atomic mass is 16.3. The van der Waals surface area contributed by atoms with Crippen LogP contribution in [-0.2, 0) is 4.79 Å². The summed E-state index contributed by atoms with van der Waals surface area (Å²) in [5.74, 6) is -0.419. The van der Waals surface area contributed by atoms with E-state index in [9.17, 15) is 4.79 Å². The number of hydrogen-bond donors (Lipinski definition) is 2. The van der Waals surface area contributed by atoms with Gasteiger partial charge in [0.15, 0.2) is 5.78 Å². The topological polar surface area (TPSA) is 57.5 Å². The van der Waals surface area contributed by atoms with Crippen LogP contribution in [0.15, 0.2) is 0 Å². The fourth-order valence-corrected chi connectivity index (χ4v) is 0.566. The van der Waals surface area contributed by atoms with Crippen LogP contribution in [0.5, 0.6) is 0 Å². The number of aliphatic hydroxyl groups is 2. The zero-order valence-corrected chi connectivity index (χ0v) is 4.11. The van der Waals surface area contributed by atoms with Gasteiger partial charge in [0.2, 0.25) is 0 Å². The third kappa shape index (κ3) is 0.743. The van der Waals surface area contributed by atoms with E-state index in [0.717, 1.165) is 0 Å². The van der Waals surface area contributed by atoms with E-state index >= 15 is 0 Å². The highest BCUT2D eigenvalue weighted by Crippen LogP contribution is 2.11. The van der Waals surface area contributed by atoms with Gasteiger partial charge in [0.05, 0.1) is 6.10 Å². The van der Waals surface area contributed by atoms with Crippen molar-refractivity contribution in [1.82, 2.24) is 0 Å². The second-order valence-corrected chi connectivity index (χ2v) is 1.70. The highest BCUT2D eigenvalue weighted by Gasteiger charge is 2.31. The van der Waals surface area contributed by atoms with Gasteiger partial charge in [0, 0.05) is 12.8 Å². The van der Waals surface area contributed by atoms with Crippen molar-refractivity contribution in [3.05, 3.63) is 12.8 Å². The van der Waals surface area contributed by atoms with Gasteiger partial charge in [0.1, 0.15) is 6.10 Å². The van der Waals surface area contributed by atoms with Crippen LogP contribution in [0.2, 0.25) is 0 Å². The first-order valence-corrected chi connectivity index (χ1v) is 2.30. The van der Waals surface area contributed by atoms with E-state index in [1.54, 1.807) is 0 Å². The van der Waals surface area contributed by atoms with Gasteiger partial charge >= 0.3 is 0 Å². The van der Waals surface area contributed by atoms with E-state index < -0.39 is 18.0 Å². The summed E-state index contributed by atoms with van der Waals surface area (Å²) in [5, 5.41) is 17.2. The van der Waals surface area contributed by atoms with E-state index in [-0.39, 0.29) is 0 Å². The average Bonchev–Trinajstić information content (AvgIpc) is 1.98. The van der Waals surface area contributed by atoms with Gasteiger partial charge < -0.3 is 10.2 Å². The molecule has 0 amide bonds. The predicted molar refractivity (Wildman–Crippen MR) is 25.6 cm³/mol. The zero-order valence-electron chi connectivity index (χ0n) is 4.11. The minimum Gasteiger partial charge on any atom is -0.390 e. The summed E-state index contributed by atoms with van der Waals surface area (Å²) in [5.41, 5.74) is 0. The van der Waals surface area contributed by atoms with Crippen molar-refractivity contribution in [1.29, 1.82) is 0 Å². The van der Waals surface area contributed by atoms with Crippen LogP contribution in [0.3, 0.4) is 0 Å². The number of carbonyl (C=O) groups is 1. The number of hydrogen-bond acceptors (Lipinski definition) is 3. The predicted octanol–water partition coefficient (Wildman–Crippen LogP) is -1.30. The van der Waals surface area contributed by atoms with Crippen LogP contribution >= 0.6 is 0 Å². The van der Waals surface area contributed by atoms with E-state index in [1.807, 2.05) is 0 Å². The van der Waals surface area contributed by atoms with Crippen LogP contribution in [0, 0.1) is 12.8 Å². The molecule has 2 unspecified atom stereocenters. The fourth-order valence-electron chi connectivity index (χ4n) is 0.566. The Morgan fingerprint density at radius 3 is 2.25 bits per heavy atom. The zero-order chi connectivity index (χ0) is 6.15. The Bertz CT molecular complexity index is 110. The van der Waals surface area contributed by atoms with Crippen LogP contribution in [0.4, 0.5) is 0 Å². The van der Waals surface area contributed by atoms with Crippen molar-refractivity contribution in [2.75, 3.05) is 0 Å². The molecule has 44 valence electrons. The lowest BCUT2D eigenvalue weighted by molar-refractivity contribution is -0.124. The van der Waals surface area contributed by atoms with Crippen LogP contribution in [0.25, 0.3) is 0 Å². The number of ketones is 1. The normalized spacial score (nSPS) is 38.5. The van der Waals surface area contributed by atoms with Crippen molar-refractivity contribution in [2.24, 2.45) is 0 Å². The van der Waals surface area contributed by atoms with Gasteiger partial charge in [0.25, 0.3) is 0 Å². The third-order valence-electron chi connectivity index (χ3n) is 1.07. The summed E-state index contributed by atoms with van der Waals surface area (Å²) in [6, 6.07) is 0. The van der Waals surface area contributed by atoms with Crippen molar-refractivity contribution in [2.45, 2.75) is 12.2 Å². The molecule has 0 aromatic heterocycles. The smallest absolute Gasteiger partial charge is 0.168 e. The first kappa shape index (κ1) is 5.72. The molecule has 1 aliphatic rings. The maximum Gasteiger partial charge on any atom is 0.168 e. The number of aliphatic hydroxyl groups excluding tert-OH is 2. The molecule has 2 radical (unpaired) electrons. The molecule has 1 fully saturated rings. The number of carbonyl (C=O) groups excluding carboxylic acids is 1. The summed E-state index contributed by atoms with van der Waals surface area (Å²) < 4.78 is 0. The van der Waals surface area contributed by atoms with Gasteiger partial charge in [-0.05, 0) is 0 Å². The second kappa shape index (κ2) is 1.84. The molecule has 8 heavy (non-hydrogen) atoms. The quantitative estimate of drug-likeness (QED) is 0.411. The van der Waals surface area contributed by atoms with Crippen LogP contribution in [0.1, 0.15) is 0 Å². The van der Waals surface area contributed by atoms with Gasteiger partial charge in [-0.25, -0.2) is 0 Å². The van der Waals surface area contributed by atoms with Crippen molar-refractivity contribution in [3.8, 4) is 0 Å². The van der Waals surface area contributed by atoms with E-state index in [4.69, 9.17) is 10.2 Å². The maximum atomic E-state index is 10.3. The maximum absolute atomic E-state index is 10.3. The second-order valence-electron chi connectivity index (χ2n) is 1.70. The van der Waals surface area contributed by atoms with Gasteiger partial charge in [-0.3, -0.25) is 4.79 Å². The van der Waals surface area contributed by atoms with Gasteiger partial charge in [-0.15, -0.1) is 0 Å². The van der Waals surface area contributed by atoms with E-state index in [2.05, 4.69) is 0 Å². The van der Waals surface area contributed by atoms with Crippen molar-refractivity contribution in [3.63, 3.8) is 0 Å². The first-order valence-electron chi connectivity index (χ1n) is 2.30. The molecule has 0 aliphatic heterocycles. The monoisotopic (exact) mass is 114 g/mol. The van der Waals surface area contributed by atoms with Crippen LogP contribution < -0.4 is 0 Å². The summed E-state index contributed by atoms with van der Waals surface area (Å²) in [6.07, 6.45) is 0.250. The molecule has 3 heteroatoms. The van der Waals surface area contributed by atoms with Crippen molar-refractivity contribution < 1.29 is 15.0 Å². The molecule has 1 aliphatic carbocycles. The molecule has 2 N–H and O–H groups in total. The third-order valence-corrected chi connectivity index (χ3v) is 1.07. The van der Waals surface area contributed by atoms with Gasteiger partial charge in [-0.1, -0.05) is 0 Å². The number of rotatable bonds is 0. The molecule has 3 nitrogen and oxygen atoms in total. The SMILES string of the molecule is O=C1[CH][CH]C(O)C1O. The molecular formula is C5H6O3. The minimum atomic E-state index is -1.21. The molecule has 0 bridgehead atoms. The Hall–Kier alpha value is -0.410. The molecule has 0 spiro atoms. The Balaban J connectivity index is 2.56. The fraction of sp³-hybridized carbons (Fsp3) is 0.400. The molecule has 0 saturated heterocycles. The Labute approximate surface area is 46.9 Å². The van der Waals surface area contributed by atoms with Crippen molar-refractivity contribution >= 4 is 5.78 Å². The Morgan fingerprint density at radius 1 is 1.50 bits per heavy atom. The Morgan fingerprint density at radius 2 is 2.12 bits per heavy atom. The summed E-state index contributed by atoms with van der Waals surface area (Å²) >= 11 is 0. The van der Waals surface area contributed by atoms with E-state index in [0.29, 0.717) is 0 Å². The molecular weight excluding hydrogens is 108 g/mol. The average molecular weight is 114 g/mol. The van der Waals surface area contributed by atoms with Crippen LogP contribution in [-0.4, -0.2) is 28.2 Å². The van der Waals surface area contributed by atoms with Gasteiger partial charge in [-0.2, -0.15) is 0 Å². The number of Topliss-reactive ketones (excluding diaryl/α,β-unsaturated/α-hetero) is 1. The minimum absolute atomic E-state index is 0.419. The highest BCUT2D eigenvalue weighted by molar-refractivity contribution is 5.95. The molecule has 1 rings (SSSR count). The first-order chi connectivity index (χ1) is 3.72. The summed E-state index contributed by atoms with van der Waals surface area (Å²) in [6.45, 7) is 0. The largest absolute Gasteiger partial charge is 0.390 e. The molecule has 0 aromatic carbocycles. The lowest BCUT2D eigenvalue weighted by Gasteiger charge is -2.01. The molecule has 2 atom stereocenters. The molecule has 1 saturated carbocycles. The standard InChI is InChI=1S/C5H6O3/c6-3-1-2-4(7)5(3)8/h1-3,5-6,8H. The Kier molecular flexibility index (Phi) is 1.31.